The van der Waals surface area contributed by atoms with E-state index in [0.29, 0.717) is 5.92 Å². The maximum atomic E-state index is 12.7. The van der Waals surface area contributed by atoms with Crippen LogP contribution in [0.25, 0.3) is 0 Å². The molecule has 1 amide bonds. The van der Waals surface area contributed by atoms with Crippen molar-refractivity contribution in [3.05, 3.63) is 38.8 Å². The van der Waals surface area contributed by atoms with Gasteiger partial charge in [-0.2, -0.15) is 0 Å². The third-order valence-corrected chi connectivity index (χ3v) is 5.05. The Morgan fingerprint density at radius 1 is 1.22 bits per heavy atom. The Morgan fingerprint density at radius 3 is 2.74 bits per heavy atom. The molecule has 1 saturated carbocycles. The summed E-state index contributed by atoms with van der Waals surface area (Å²) in [6.07, 6.45) is 7.89. The van der Waals surface area contributed by atoms with Crippen molar-refractivity contribution in [1.29, 1.82) is 0 Å². The molecule has 7 nitrogen and oxygen atoms in total. The molecule has 0 N–H and O–H groups in total. The van der Waals surface area contributed by atoms with Crippen LogP contribution in [0, 0.1) is 16.0 Å². The number of amides is 1. The van der Waals surface area contributed by atoms with E-state index in [2.05, 4.69) is 0 Å². The van der Waals surface area contributed by atoms with Gasteiger partial charge in [-0.1, -0.05) is 12.8 Å². The largest absolute Gasteiger partial charge is 0.338 e. The number of likely N-dealkylation sites (tertiary alicyclic amines) is 1. The first-order valence-corrected chi connectivity index (χ1v) is 8.20. The molecule has 2 fully saturated rings. The number of hydrogen-bond acceptors (Lipinski definition) is 4. The predicted molar refractivity (Wildman–Crippen MR) is 84.0 cm³/mol. The van der Waals surface area contributed by atoms with Gasteiger partial charge in [0.05, 0.1) is 11.1 Å². The van der Waals surface area contributed by atoms with E-state index < -0.39 is 4.92 Å². The van der Waals surface area contributed by atoms with Crippen molar-refractivity contribution in [1.82, 2.24) is 9.47 Å². The van der Waals surface area contributed by atoms with Crippen molar-refractivity contribution >= 4 is 11.6 Å². The van der Waals surface area contributed by atoms with Gasteiger partial charge in [-0.25, -0.2) is 0 Å². The van der Waals surface area contributed by atoms with Gasteiger partial charge in [-0.05, 0) is 31.6 Å². The Morgan fingerprint density at radius 2 is 1.96 bits per heavy atom. The van der Waals surface area contributed by atoms with Gasteiger partial charge in [0, 0.05) is 24.7 Å². The van der Waals surface area contributed by atoms with Crippen molar-refractivity contribution in [2.75, 3.05) is 6.54 Å². The summed E-state index contributed by atoms with van der Waals surface area (Å²) in [5, 5.41) is 10.8. The van der Waals surface area contributed by atoms with Gasteiger partial charge in [0.1, 0.15) is 6.54 Å². The van der Waals surface area contributed by atoms with Gasteiger partial charge in [0.25, 0.3) is 11.2 Å². The second-order valence-corrected chi connectivity index (χ2v) is 6.45. The van der Waals surface area contributed by atoms with Gasteiger partial charge in [0.15, 0.2) is 0 Å². The van der Waals surface area contributed by atoms with Crippen LogP contribution in [0.1, 0.15) is 38.5 Å². The molecule has 1 aromatic heterocycles. The lowest BCUT2D eigenvalue weighted by molar-refractivity contribution is -0.385. The molecule has 1 saturated heterocycles. The van der Waals surface area contributed by atoms with Crippen LogP contribution in [-0.2, 0) is 11.3 Å². The first kappa shape index (κ1) is 15.7. The van der Waals surface area contributed by atoms with Crippen LogP contribution in [0.5, 0.6) is 0 Å². The molecule has 2 heterocycles. The Bertz CT molecular complexity index is 668. The smallest absolute Gasteiger partial charge is 0.285 e. The number of nitro groups is 1. The maximum absolute atomic E-state index is 12.7. The van der Waals surface area contributed by atoms with Crippen LogP contribution in [0.3, 0.4) is 0 Å². The number of nitrogens with zero attached hydrogens (tertiary/aromatic N) is 3. The molecule has 0 spiro atoms. The summed E-state index contributed by atoms with van der Waals surface area (Å²) < 4.78 is 1.15. The molecule has 23 heavy (non-hydrogen) atoms. The van der Waals surface area contributed by atoms with E-state index in [1.54, 1.807) is 0 Å². The summed E-state index contributed by atoms with van der Waals surface area (Å²) >= 11 is 0. The zero-order valence-corrected chi connectivity index (χ0v) is 13.0. The topological polar surface area (TPSA) is 85.5 Å². The van der Waals surface area contributed by atoms with Gasteiger partial charge in [-0.3, -0.25) is 24.3 Å². The van der Waals surface area contributed by atoms with E-state index in [9.17, 15) is 19.7 Å². The molecule has 2 atom stereocenters. The van der Waals surface area contributed by atoms with Crippen molar-refractivity contribution in [3.63, 3.8) is 0 Å². The Hall–Kier alpha value is -2.18. The highest BCUT2D eigenvalue weighted by atomic mass is 16.6. The molecule has 1 aliphatic heterocycles. The van der Waals surface area contributed by atoms with E-state index in [1.807, 2.05) is 4.90 Å². The van der Waals surface area contributed by atoms with Gasteiger partial charge < -0.3 is 4.90 Å². The number of carbonyl (C=O) groups is 1. The number of hydrogen-bond donors (Lipinski definition) is 0. The summed E-state index contributed by atoms with van der Waals surface area (Å²) in [6.45, 7) is 0.605. The van der Waals surface area contributed by atoms with E-state index in [0.717, 1.165) is 42.6 Å². The predicted octanol–water partition coefficient (Wildman–Crippen LogP) is 1.94. The molecule has 1 aliphatic carbocycles. The van der Waals surface area contributed by atoms with E-state index in [-0.39, 0.29) is 29.7 Å². The standard InChI is InChI=1S/C16H21N3O4/c20-15-8-7-13(19(22)23)10-17(15)11-16(21)18-9-3-5-12-4-1-2-6-14(12)18/h7-8,10,12,14H,1-6,9,11H2/t12-,14-/m0/s1. The monoisotopic (exact) mass is 319 g/mol. The van der Waals surface area contributed by atoms with E-state index >= 15 is 0 Å². The summed E-state index contributed by atoms with van der Waals surface area (Å²) in [5.41, 5.74) is -0.562. The second kappa shape index (κ2) is 6.52. The van der Waals surface area contributed by atoms with Gasteiger partial charge in [0.2, 0.25) is 5.91 Å². The number of rotatable bonds is 3. The Kier molecular flexibility index (Phi) is 4.45. The number of fused-ring (bicyclic) bond motifs is 1. The van der Waals surface area contributed by atoms with Crippen molar-refractivity contribution in [2.24, 2.45) is 5.92 Å². The fourth-order valence-corrected chi connectivity index (χ4v) is 3.92. The molecule has 7 heteroatoms. The number of aromatic nitrogens is 1. The zero-order valence-electron chi connectivity index (χ0n) is 13.0. The summed E-state index contributed by atoms with van der Waals surface area (Å²) in [4.78, 5) is 36.7. The van der Waals surface area contributed by atoms with Crippen LogP contribution in [-0.4, -0.2) is 32.9 Å². The first-order valence-electron chi connectivity index (χ1n) is 8.20. The lowest BCUT2D eigenvalue weighted by Crippen LogP contribution is -2.51. The average Bonchev–Trinajstić information content (AvgIpc) is 2.56. The minimum absolute atomic E-state index is 0.107. The van der Waals surface area contributed by atoms with Gasteiger partial charge in [-0.15, -0.1) is 0 Å². The summed E-state index contributed by atoms with van der Waals surface area (Å²) in [6, 6.07) is 2.59. The number of carbonyl (C=O) groups excluding carboxylic acids is 1. The highest BCUT2D eigenvalue weighted by Gasteiger charge is 2.35. The van der Waals surface area contributed by atoms with Crippen LogP contribution >= 0.6 is 0 Å². The molecule has 0 aromatic carbocycles. The zero-order chi connectivity index (χ0) is 16.4. The van der Waals surface area contributed by atoms with E-state index in [4.69, 9.17) is 0 Å². The van der Waals surface area contributed by atoms with Crippen LogP contribution in [0.2, 0.25) is 0 Å². The van der Waals surface area contributed by atoms with Crippen molar-refractivity contribution in [2.45, 2.75) is 51.1 Å². The summed E-state index contributed by atoms with van der Waals surface area (Å²) in [7, 11) is 0. The third-order valence-electron chi connectivity index (χ3n) is 5.05. The molecule has 3 rings (SSSR count). The molecule has 0 unspecified atom stereocenters. The minimum Gasteiger partial charge on any atom is -0.338 e. The molecular formula is C16H21N3O4. The van der Waals surface area contributed by atoms with Crippen LogP contribution in [0.15, 0.2) is 23.1 Å². The summed E-state index contributed by atoms with van der Waals surface area (Å²) in [5.74, 6) is 0.465. The van der Waals surface area contributed by atoms with Crippen molar-refractivity contribution in [3.8, 4) is 0 Å². The highest BCUT2D eigenvalue weighted by molar-refractivity contribution is 5.76. The SMILES string of the molecule is O=C(Cn1cc([N+](=O)[O-])ccc1=O)N1CCC[C@@H]2CCCC[C@@H]21. The maximum Gasteiger partial charge on any atom is 0.285 e. The van der Waals surface area contributed by atoms with Crippen LogP contribution in [0.4, 0.5) is 5.69 Å². The number of pyridine rings is 1. The Labute approximate surface area is 134 Å². The molecule has 2 aliphatic rings. The fourth-order valence-electron chi connectivity index (χ4n) is 3.92. The highest BCUT2D eigenvalue weighted by Crippen LogP contribution is 2.35. The molecule has 1 aromatic rings. The Balaban J connectivity index is 1.77. The lowest BCUT2D eigenvalue weighted by Gasteiger charge is -2.44. The van der Waals surface area contributed by atoms with Crippen molar-refractivity contribution < 1.29 is 9.72 Å². The lowest BCUT2D eigenvalue weighted by atomic mass is 9.78. The van der Waals surface area contributed by atoms with E-state index in [1.165, 1.54) is 25.3 Å². The molecular weight excluding hydrogens is 298 g/mol. The number of piperidine rings is 1. The molecule has 124 valence electrons. The first-order chi connectivity index (χ1) is 11.1. The second-order valence-electron chi connectivity index (χ2n) is 6.45. The average molecular weight is 319 g/mol. The van der Waals surface area contributed by atoms with Gasteiger partial charge >= 0.3 is 0 Å². The molecule has 0 bridgehead atoms. The van der Waals surface area contributed by atoms with Crippen LogP contribution < -0.4 is 5.56 Å². The minimum atomic E-state index is -0.557. The normalized spacial score (nSPS) is 24.1. The fraction of sp³-hybridized carbons (Fsp3) is 0.625. The molecule has 0 radical (unpaired) electrons. The quantitative estimate of drug-likeness (QED) is 0.629. The third kappa shape index (κ3) is 3.28.